The summed E-state index contributed by atoms with van der Waals surface area (Å²) < 4.78 is 5.84. The van der Waals surface area contributed by atoms with Gasteiger partial charge in [0, 0.05) is 46.8 Å². The molecule has 1 fully saturated rings. The SMILES string of the molecule is Cc1ccc(CC(=O)C[C@H](CCC(=O)O)c2noc(-c3ncc(CC(C)C)s3)c2C2CC2)c(Cl)c1. The predicted octanol–water partition coefficient (Wildman–Crippen LogP) is 6.99. The van der Waals surface area contributed by atoms with E-state index in [-0.39, 0.29) is 31.0 Å². The topological polar surface area (TPSA) is 93.3 Å². The van der Waals surface area contributed by atoms with E-state index >= 15 is 0 Å². The number of thiazole rings is 1. The standard InChI is InChI=1S/C27H31ClN2O4S/c1-15(2)10-21-14-29-27(35-21)26-24(17-6-7-17)25(30-34-26)19(8-9-23(32)33)13-20(31)12-18-5-4-16(3)11-22(18)28/h4-5,11,14-15,17,19H,6-10,12-13H2,1-3H3,(H,32,33)/t19-/m0/s1. The molecule has 1 aromatic carbocycles. The predicted molar refractivity (Wildman–Crippen MR) is 137 cm³/mol. The van der Waals surface area contributed by atoms with Crippen molar-refractivity contribution in [2.75, 3.05) is 0 Å². The molecule has 2 heterocycles. The van der Waals surface area contributed by atoms with Gasteiger partial charge in [0.15, 0.2) is 10.8 Å². The maximum atomic E-state index is 13.1. The molecular weight excluding hydrogens is 484 g/mol. The molecule has 0 bridgehead atoms. The van der Waals surface area contributed by atoms with Crippen molar-refractivity contribution in [3.63, 3.8) is 0 Å². The van der Waals surface area contributed by atoms with Gasteiger partial charge in [0.05, 0.1) is 5.69 Å². The molecule has 4 rings (SSSR count). The lowest BCUT2D eigenvalue weighted by Crippen LogP contribution is -2.13. The van der Waals surface area contributed by atoms with E-state index < -0.39 is 5.97 Å². The fourth-order valence-corrected chi connectivity index (χ4v) is 5.84. The highest BCUT2D eigenvalue weighted by atomic mass is 35.5. The molecule has 0 aliphatic heterocycles. The number of Topliss-reactive ketones (excluding diaryl/α,β-unsaturated/α-hetero) is 1. The van der Waals surface area contributed by atoms with Gasteiger partial charge >= 0.3 is 5.97 Å². The Kier molecular flexibility index (Phi) is 8.07. The third-order valence-corrected chi connectivity index (χ3v) is 7.63. The van der Waals surface area contributed by atoms with Crippen LogP contribution < -0.4 is 0 Å². The number of hydrogen-bond acceptors (Lipinski definition) is 6. The highest BCUT2D eigenvalue weighted by Crippen LogP contribution is 2.49. The monoisotopic (exact) mass is 514 g/mol. The van der Waals surface area contributed by atoms with Crippen molar-refractivity contribution >= 4 is 34.7 Å². The van der Waals surface area contributed by atoms with Crippen molar-refractivity contribution in [1.29, 1.82) is 0 Å². The highest BCUT2D eigenvalue weighted by molar-refractivity contribution is 7.15. The number of aliphatic carboxylic acids is 1. The van der Waals surface area contributed by atoms with Crippen molar-refractivity contribution in [2.45, 2.75) is 77.6 Å². The molecule has 0 radical (unpaired) electrons. The van der Waals surface area contributed by atoms with Crippen LogP contribution >= 0.6 is 22.9 Å². The van der Waals surface area contributed by atoms with Crippen molar-refractivity contribution < 1.29 is 19.2 Å². The van der Waals surface area contributed by atoms with E-state index in [0.29, 0.717) is 34.7 Å². The molecule has 8 heteroatoms. The molecule has 1 aliphatic carbocycles. The molecule has 6 nitrogen and oxygen atoms in total. The number of hydrogen-bond donors (Lipinski definition) is 1. The lowest BCUT2D eigenvalue weighted by atomic mass is 9.88. The number of carbonyl (C=O) groups excluding carboxylic acids is 1. The Balaban J connectivity index is 1.60. The van der Waals surface area contributed by atoms with Crippen molar-refractivity contribution in [3.8, 4) is 10.8 Å². The zero-order chi connectivity index (χ0) is 25.1. The Hall–Kier alpha value is -2.51. The average molecular weight is 515 g/mol. The molecule has 0 saturated heterocycles. The van der Waals surface area contributed by atoms with Gasteiger partial charge in [-0.05, 0) is 61.6 Å². The van der Waals surface area contributed by atoms with Crippen LogP contribution in [0.2, 0.25) is 5.02 Å². The summed E-state index contributed by atoms with van der Waals surface area (Å²) in [4.78, 5) is 30.3. The number of benzene rings is 1. The average Bonchev–Trinajstić information content (AvgIpc) is 3.36. The second-order valence-corrected chi connectivity index (χ2v) is 11.5. The van der Waals surface area contributed by atoms with E-state index in [1.165, 1.54) is 4.88 Å². The molecule has 1 N–H and O–H groups in total. The molecule has 186 valence electrons. The maximum Gasteiger partial charge on any atom is 0.303 e. The summed E-state index contributed by atoms with van der Waals surface area (Å²) in [7, 11) is 0. The van der Waals surface area contributed by atoms with E-state index in [1.54, 1.807) is 11.3 Å². The zero-order valence-corrected chi connectivity index (χ0v) is 21.9. The van der Waals surface area contributed by atoms with E-state index in [4.69, 9.17) is 16.1 Å². The van der Waals surface area contributed by atoms with Gasteiger partial charge in [-0.25, -0.2) is 4.98 Å². The van der Waals surface area contributed by atoms with Gasteiger partial charge in [-0.15, -0.1) is 11.3 Å². The number of aromatic nitrogens is 2. The quantitative estimate of drug-likeness (QED) is 0.280. The normalized spacial score (nSPS) is 14.4. The third kappa shape index (κ3) is 6.58. The summed E-state index contributed by atoms with van der Waals surface area (Å²) in [6.07, 6.45) is 5.60. The summed E-state index contributed by atoms with van der Waals surface area (Å²) in [6.45, 7) is 6.31. The van der Waals surface area contributed by atoms with Gasteiger partial charge in [-0.1, -0.05) is 42.7 Å². The molecule has 3 aromatic rings. The van der Waals surface area contributed by atoms with Crippen LogP contribution in [0.25, 0.3) is 10.8 Å². The summed E-state index contributed by atoms with van der Waals surface area (Å²) in [5.41, 5.74) is 3.54. The lowest BCUT2D eigenvalue weighted by molar-refractivity contribution is -0.137. The number of rotatable bonds is 12. The van der Waals surface area contributed by atoms with Gasteiger partial charge in [0.25, 0.3) is 0 Å². The fourth-order valence-electron chi connectivity index (χ4n) is 4.42. The molecule has 0 amide bonds. The largest absolute Gasteiger partial charge is 0.481 e. The first-order valence-corrected chi connectivity index (χ1v) is 13.3. The smallest absolute Gasteiger partial charge is 0.303 e. The van der Waals surface area contributed by atoms with Crippen LogP contribution in [0.1, 0.15) is 85.0 Å². The van der Waals surface area contributed by atoms with Crippen LogP contribution in [0.15, 0.2) is 28.9 Å². The number of carboxylic acids is 1. The van der Waals surface area contributed by atoms with Gasteiger partial charge in [-0.2, -0.15) is 0 Å². The first-order valence-electron chi connectivity index (χ1n) is 12.1. The molecule has 1 saturated carbocycles. The number of carboxylic acid groups (broad SMARTS) is 1. The minimum absolute atomic E-state index is 0.00547. The van der Waals surface area contributed by atoms with E-state index in [2.05, 4.69) is 24.0 Å². The van der Waals surface area contributed by atoms with Crippen LogP contribution in [0.5, 0.6) is 0 Å². The summed E-state index contributed by atoms with van der Waals surface area (Å²) in [5, 5.41) is 15.1. The first kappa shape index (κ1) is 25.6. The van der Waals surface area contributed by atoms with E-state index in [0.717, 1.165) is 41.0 Å². The van der Waals surface area contributed by atoms with Crippen molar-refractivity contribution in [1.82, 2.24) is 10.1 Å². The molecule has 0 spiro atoms. The summed E-state index contributed by atoms with van der Waals surface area (Å²) in [5.74, 6) is 0.315. The molecular formula is C27H31ClN2O4S. The van der Waals surface area contributed by atoms with Crippen LogP contribution in [0, 0.1) is 12.8 Å². The van der Waals surface area contributed by atoms with Gasteiger partial charge < -0.3 is 9.63 Å². The number of ketones is 1. The van der Waals surface area contributed by atoms with E-state index in [1.807, 2.05) is 31.3 Å². The van der Waals surface area contributed by atoms with Crippen LogP contribution in [0.4, 0.5) is 0 Å². The van der Waals surface area contributed by atoms with Gasteiger partial charge in [0.2, 0.25) is 0 Å². The number of halogens is 1. The molecule has 35 heavy (non-hydrogen) atoms. The van der Waals surface area contributed by atoms with Crippen LogP contribution in [-0.2, 0) is 22.4 Å². The molecule has 2 aromatic heterocycles. The van der Waals surface area contributed by atoms with E-state index in [9.17, 15) is 14.7 Å². The minimum atomic E-state index is -0.890. The first-order chi connectivity index (χ1) is 16.7. The lowest BCUT2D eigenvalue weighted by Gasteiger charge is -2.15. The van der Waals surface area contributed by atoms with Crippen molar-refractivity contribution in [2.24, 2.45) is 5.92 Å². The minimum Gasteiger partial charge on any atom is -0.481 e. The highest BCUT2D eigenvalue weighted by Gasteiger charge is 2.37. The number of nitrogens with zero attached hydrogens (tertiary/aromatic N) is 2. The Morgan fingerprint density at radius 1 is 1.29 bits per heavy atom. The Morgan fingerprint density at radius 2 is 2.06 bits per heavy atom. The van der Waals surface area contributed by atoms with Crippen molar-refractivity contribution in [3.05, 3.63) is 56.7 Å². The Morgan fingerprint density at radius 3 is 2.71 bits per heavy atom. The van der Waals surface area contributed by atoms with Crippen LogP contribution in [0.3, 0.4) is 0 Å². The Bertz CT molecular complexity index is 1210. The molecule has 1 aliphatic rings. The van der Waals surface area contributed by atoms with Crippen LogP contribution in [-0.4, -0.2) is 27.0 Å². The second kappa shape index (κ2) is 11.0. The maximum absolute atomic E-state index is 13.1. The van der Waals surface area contributed by atoms with Gasteiger partial charge in [0.1, 0.15) is 5.78 Å². The Labute approximate surface area is 214 Å². The number of aryl methyl sites for hydroxylation is 1. The zero-order valence-electron chi connectivity index (χ0n) is 20.3. The number of carbonyl (C=O) groups is 2. The molecule has 0 unspecified atom stereocenters. The van der Waals surface area contributed by atoms with Gasteiger partial charge in [-0.3, -0.25) is 9.59 Å². The summed E-state index contributed by atoms with van der Waals surface area (Å²) >= 11 is 7.96. The molecule has 1 atom stereocenters. The summed E-state index contributed by atoms with van der Waals surface area (Å²) in [6, 6.07) is 5.67. The fraction of sp³-hybridized carbons (Fsp3) is 0.481. The third-order valence-electron chi connectivity index (χ3n) is 6.26. The second-order valence-electron chi connectivity index (χ2n) is 9.96.